The van der Waals surface area contributed by atoms with Crippen molar-refractivity contribution in [3.8, 4) is 0 Å². The average Bonchev–Trinajstić information content (AvgIpc) is 2.77. The minimum absolute atomic E-state index is 0.218. The fourth-order valence-electron chi connectivity index (χ4n) is 3.50. The summed E-state index contributed by atoms with van der Waals surface area (Å²) in [6.07, 6.45) is 0. The van der Waals surface area contributed by atoms with Gasteiger partial charge in [-0.3, -0.25) is 9.59 Å². The zero-order valence-corrected chi connectivity index (χ0v) is 16.9. The number of anilines is 2. The van der Waals surface area contributed by atoms with Crippen LogP contribution in [0.5, 0.6) is 0 Å². The zero-order chi connectivity index (χ0) is 20.6. The number of carbonyl (C=O) groups is 2. The number of likely N-dealkylation sites (N-methyl/N-ethyl adjacent to an activating group) is 2. The maximum atomic E-state index is 13.6. The molecule has 0 fully saturated rings. The monoisotopic (exact) mass is 386 g/mol. The van der Waals surface area contributed by atoms with Gasteiger partial charge in [-0.15, -0.1) is 0 Å². The second kappa shape index (κ2) is 9.69. The summed E-state index contributed by atoms with van der Waals surface area (Å²) < 4.78 is 0. The summed E-state index contributed by atoms with van der Waals surface area (Å²) in [5, 5.41) is 0. The minimum Gasteiger partial charge on any atom is -0.312 e. The van der Waals surface area contributed by atoms with Crippen molar-refractivity contribution in [3.05, 3.63) is 96.6 Å². The van der Waals surface area contributed by atoms with Crippen LogP contribution >= 0.6 is 0 Å². The third kappa shape index (κ3) is 4.54. The summed E-state index contributed by atoms with van der Waals surface area (Å²) >= 11 is 0. The van der Waals surface area contributed by atoms with Crippen molar-refractivity contribution in [3.63, 3.8) is 0 Å². The van der Waals surface area contributed by atoms with Crippen LogP contribution in [-0.4, -0.2) is 24.9 Å². The highest BCUT2D eigenvalue weighted by atomic mass is 16.2. The van der Waals surface area contributed by atoms with E-state index < -0.39 is 5.92 Å². The van der Waals surface area contributed by atoms with Crippen molar-refractivity contribution in [2.75, 3.05) is 22.9 Å². The van der Waals surface area contributed by atoms with Gasteiger partial charge in [-0.2, -0.15) is 0 Å². The lowest BCUT2D eigenvalue weighted by Crippen LogP contribution is -2.44. The first kappa shape index (κ1) is 20.3. The van der Waals surface area contributed by atoms with Crippen molar-refractivity contribution in [1.29, 1.82) is 0 Å². The van der Waals surface area contributed by atoms with Crippen molar-refractivity contribution >= 4 is 23.2 Å². The number of carbonyl (C=O) groups excluding carboxylic acids is 2. The van der Waals surface area contributed by atoms with Gasteiger partial charge >= 0.3 is 0 Å². The van der Waals surface area contributed by atoms with Gasteiger partial charge in [0.05, 0.1) is 0 Å². The molecule has 2 amide bonds. The first-order chi connectivity index (χ1) is 14.2. The molecule has 29 heavy (non-hydrogen) atoms. The highest BCUT2D eigenvalue weighted by Crippen LogP contribution is 2.27. The fourth-order valence-corrected chi connectivity index (χ4v) is 3.50. The molecule has 0 unspecified atom stereocenters. The van der Waals surface area contributed by atoms with E-state index in [-0.39, 0.29) is 11.8 Å². The van der Waals surface area contributed by atoms with Crippen LogP contribution in [0.2, 0.25) is 0 Å². The largest absolute Gasteiger partial charge is 0.312 e. The molecule has 0 aromatic heterocycles. The van der Waals surface area contributed by atoms with Crippen LogP contribution < -0.4 is 9.80 Å². The molecule has 0 aliphatic heterocycles. The Morgan fingerprint density at radius 1 is 0.621 bits per heavy atom. The third-order valence-electron chi connectivity index (χ3n) is 4.93. The number of hydrogen-bond acceptors (Lipinski definition) is 2. The second-order valence-corrected chi connectivity index (χ2v) is 6.68. The smallest absolute Gasteiger partial charge is 0.244 e. The Balaban J connectivity index is 2.03. The topological polar surface area (TPSA) is 40.6 Å². The summed E-state index contributed by atoms with van der Waals surface area (Å²) in [4.78, 5) is 30.6. The van der Waals surface area contributed by atoms with E-state index in [0.717, 1.165) is 11.4 Å². The van der Waals surface area contributed by atoms with E-state index in [1.807, 2.05) is 105 Å². The minimum atomic E-state index is -0.906. The molecule has 0 saturated heterocycles. The van der Waals surface area contributed by atoms with E-state index in [2.05, 4.69) is 0 Å². The lowest BCUT2D eigenvalue weighted by Gasteiger charge is -2.30. The van der Waals surface area contributed by atoms with Crippen LogP contribution in [0.15, 0.2) is 91.0 Å². The van der Waals surface area contributed by atoms with E-state index in [9.17, 15) is 9.59 Å². The predicted molar refractivity (Wildman–Crippen MR) is 118 cm³/mol. The lowest BCUT2D eigenvalue weighted by molar-refractivity contribution is -0.128. The molecule has 0 bridgehead atoms. The SMILES string of the molecule is CCN(C(=O)C(C(=O)N(CC)c1ccccc1)c1ccccc1)c1ccccc1. The Morgan fingerprint density at radius 3 is 1.31 bits per heavy atom. The van der Waals surface area contributed by atoms with Gasteiger partial charge in [-0.25, -0.2) is 0 Å². The van der Waals surface area contributed by atoms with Crippen LogP contribution in [0.25, 0.3) is 0 Å². The van der Waals surface area contributed by atoms with Crippen LogP contribution in [-0.2, 0) is 9.59 Å². The summed E-state index contributed by atoms with van der Waals surface area (Å²) in [5.74, 6) is -1.34. The first-order valence-electron chi connectivity index (χ1n) is 9.95. The fraction of sp³-hybridized carbons (Fsp3) is 0.200. The highest BCUT2D eigenvalue weighted by molar-refractivity contribution is 6.16. The van der Waals surface area contributed by atoms with E-state index >= 15 is 0 Å². The van der Waals surface area contributed by atoms with Gasteiger partial charge in [0.1, 0.15) is 5.92 Å². The summed E-state index contributed by atoms with van der Waals surface area (Å²) in [5.41, 5.74) is 2.28. The molecule has 0 atom stereocenters. The van der Waals surface area contributed by atoms with E-state index in [4.69, 9.17) is 0 Å². The standard InChI is InChI=1S/C25H26N2O2/c1-3-26(21-16-10-6-11-17-21)24(28)23(20-14-8-5-9-15-20)25(29)27(4-2)22-18-12-7-13-19-22/h5-19,23H,3-4H2,1-2H3. The zero-order valence-electron chi connectivity index (χ0n) is 16.9. The van der Waals surface area contributed by atoms with Crippen LogP contribution in [0.4, 0.5) is 11.4 Å². The number of para-hydroxylation sites is 2. The summed E-state index contributed by atoms with van der Waals surface area (Å²) in [7, 11) is 0. The van der Waals surface area contributed by atoms with Gasteiger partial charge < -0.3 is 9.80 Å². The number of nitrogens with zero attached hydrogens (tertiary/aromatic N) is 2. The number of hydrogen-bond donors (Lipinski definition) is 0. The van der Waals surface area contributed by atoms with Gasteiger partial charge in [-0.05, 0) is 43.7 Å². The van der Waals surface area contributed by atoms with Gasteiger partial charge in [-0.1, -0.05) is 66.7 Å². The van der Waals surface area contributed by atoms with Gasteiger partial charge in [0.25, 0.3) is 0 Å². The normalized spacial score (nSPS) is 10.6. The molecule has 4 heteroatoms. The van der Waals surface area contributed by atoms with Crippen LogP contribution in [0, 0.1) is 0 Å². The number of benzene rings is 3. The maximum absolute atomic E-state index is 13.6. The quantitative estimate of drug-likeness (QED) is 0.543. The molecule has 0 N–H and O–H groups in total. The molecule has 4 nitrogen and oxygen atoms in total. The van der Waals surface area contributed by atoms with Crippen molar-refractivity contribution in [2.24, 2.45) is 0 Å². The van der Waals surface area contributed by atoms with Crippen LogP contribution in [0.1, 0.15) is 25.3 Å². The molecular formula is C25H26N2O2. The van der Waals surface area contributed by atoms with Crippen molar-refractivity contribution in [2.45, 2.75) is 19.8 Å². The Hall–Kier alpha value is -3.40. The summed E-state index contributed by atoms with van der Waals surface area (Å²) in [6, 6.07) is 28.3. The molecule has 3 aromatic carbocycles. The molecule has 148 valence electrons. The Bertz CT molecular complexity index is 867. The predicted octanol–water partition coefficient (Wildman–Crippen LogP) is 4.88. The maximum Gasteiger partial charge on any atom is 0.244 e. The van der Waals surface area contributed by atoms with E-state index in [0.29, 0.717) is 18.7 Å². The molecule has 0 aliphatic rings. The number of rotatable bonds is 7. The molecule has 0 spiro atoms. The number of amides is 2. The molecule has 0 aliphatic carbocycles. The van der Waals surface area contributed by atoms with Crippen molar-refractivity contribution in [1.82, 2.24) is 0 Å². The van der Waals surface area contributed by atoms with Crippen LogP contribution in [0.3, 0.4) is 0 Å². The molecule has 0 heterocycles. The average molecular weight is 386 g/mol. The van der Waals surface area contributed by atoms with Crippen molar-refractivity contribution < 1.29 is 9.59 Å². The van der Waals surface area contributed by atoms with Gasteiger partial charge in [0.2, 0.25) is 11.8 Å². The molecule has 0 saturated carbocycles. The highest BCUT2D eigenvalue weighted by Gasteiger charge is 2.35. The van der Waals surface area contributed by atoms with Gasteiger partial charge in [0, 0.05) is 24.5 Å². The van der Waals surface area contributed by atoms with Gasteiger partial charge in [0.15, 0.2) is 0 Å². The van der Waals surface area contributed by atoms with E-state index in [1.165, 1.54) is 0 Å². The Labute approximate surface area is 172 Å². The Kier molecular flexibility index (Phi) is 6.80. The molecule has 3 rings (SSSR count). The molecule has 3 aromatic rings. The second-order valence-electron chi connectivity index (χ2n) is 6.68. The third-order valence-corrected chi connectivity index (χ3v) is 4.93. The molecule has 0 radical (unpaired) electrons. The first-order valence-corrected chi connectivity index (χ1v) is 9.95. The Morgan fingerprint density at radius 2 is 0.966 bits per heavy atom. The lowest BCUT2D eigenvalue weighted by atomic mass is 9.95. The van der Waals surface area contributed by atoms with E-state index in [1.54, 1.807) is 9.80 Å². The summed E-state index contributed by atoms with van der Waals surface area (Å²) in [6.45, 7) is 4.81. The molecular weight excluding hydrogens is 360 g/mol.